The molecule has 0 radical (unpaired) electrons. The fourth-order valence-electron chi connectivity index (χ4n) is 2.13. The Morgan fingerprint density at radius 3 is 2.57 bits per heavy atom. The zero-order chi connectivity index (χ0) is 14.5. The van der Waals surface area contributed by atoms with Crippen LogP contribution in [0.3, 0.4) is 0 Å². The standard InChI is InChI=1S/C17H15NO3/c19-17(15-12-18-16-9-5-4-8-14(15)16)21-11-10-20-13-6-2-1-3-7-13/h1-9,12,18H,10-11H2. The van der Waals surface area contributed by atoms with E-state index in [0.29, 0.717) is 12.2 Å². The minimum atomic E-state index is -0.343. The maximum atomic E-state index is 12.0. The first-order valence-corrected chi connectivity index (χ1v) is 6.76. The van der Waals surface area contributed by atoms with Crippen LogP contribution in [0.15, 0.2) is 60.8 Å². The van der Waals surface area contributed by atoms with E-state index in [1.165, 1.54) is 0 Å². The number of benzene rings is 2. The molecule has 0 atom stereocenters. The predicted octanol–water partition coefficient (Wildman–Crippen LogP) is 3.40. The van der Waals surface area contributed by atoms with Crippen molar-refractivity contribution in [2.45, 2.75) is 0 Å². The van der Waals surface area contributed by atoms with Crippen molar-refractivity contribution in [1.82, 2.24) is 4.98 Å². The Balaban J connectivity index is 1.55. The summed E-state index contributed by atoms with van der Waals surface area (Å²) in [5.41, 5.74) is 1.47. The lowest BCUT2D eigenvalue weighted by Gasteiger charge is -2.06. The first-order chi connectivity index (χ1) is 10.3. The molecule has 0 amide bonds. The van der Waals surface area contributed by atoms with Gasteiger partial charge in [-0.25, -0.2) is 4.79 Å². The van der Waals surface area contributed by atoms with Gasteiger partial charge in [-0.05, 0) is 18.2 Å². The van der Waals surface area contributed by atoms with Gasteiger partial charge in [-0.3, -0.25) is 0 Å². The fraction of sp³-hybridized carbons (Fsp3) is 0.118. The first kappa shape index (κ1) is 13.2. The highest BCUT2D eigenvalue weighted by atomic mass is 16.6. The molecule has 0 saturated heterocycles. The molecule has 4 heteroatoms. The van der Waals surface area contributed by atoms with Gasteiger partial charge in [-0.15, -0.1) is 0 Å². The minimum absolute atomic E-state index is 0.216. The normalized spacial score (nSPS) is 10.5. The Morgan fingerprint density at radius 1 is 0.952 bits per heavy atom. The van der Waals surface area contributed by atoms with Gasteiger partial charge in [-0.2, -0.15) is 0 Å². The van der Waals surface area contributed by atoms with E-state index in [-0.39, 0.29) is 12.6 Å². The monoisotopic (exact) mass is 281 g/mol. The average molecular weight is 281 g/mol. The molecular formula is C17H15NO3. The Morgan fingerprint density at radius 2 is 1.71 bits per heavy atom. The number of H-pyrrole nitrogens is 1. The van der Waals surface area contributed by atoms with Crippen LogP contribution >= 0.6 is 0 Å². The maximum Gasteiger partial charge on any atom is 0.340 e. The van der Waals surface area contributed by atoms with E-state index >= 15 is 0 Å². The lowest BCUT2D eigenvalue weighted by molar-refractivity contribution is 0.0453. The summed E-state index contributed by atoms with van der Waals surface area (Å²) in [5.74, 6) is 0.421. The molecule has 3 aromatic rings. The third-order valence-corrected chi connectivity index (χ3v) is 3.14. The number of carbonyl (C=O) groups is 1. The molecule has 106 valence electrons. The quantitative estimate of drug-likeness (QED) is 0.576. The highest BCUT2D eigenvalue weighted by Crippen LogP contribution is 2.18. The van der Waals surface area contributed by atoms with Crippen LogP contribution in [0, 0.1) is 0 Å². The van der Waals surface area contributed by atoms with E-state index < -0.39 is 0 Å². The molecule has 1 N–H and O–H groups in total. The summed E-state index contributed by atoms with van der Waals surface area (Å²) in [7, 11) is 0. The molecule has 0 aliphatic carbocycles. The fourth-order valence-corrected chi connectivity index (χ4v) is 2.13. The molecule has 0 spiro atoms. The maximum absolute atomic E-state index is 12.0. The predicted molar refractivity (Wildman–Crippen MR) is 80.5 cm³/mol. The topological polar surface area (TPSA) is 51.3 Å². The molecule has 0 saturated carbocycles. The van der Waals surface area contributed by atoms with Gasteiger partial charge in [0.15, 0.2) is 0 Å². The second-order valence-corrected chi connectivity index (χ2v) is 4.55. The van der Waals surface area contributed by atoms with E-state index in [4.69, 9.17) is 9.47 Å². The molecule has 0 aliphatic rings. The number of ether oxygens (including phenoxy) is 2. The zero-order valence-corrected chi connectivity index (χ0v) is 11.4. The summed E-state index contributed by atoms with van der Waals surface area (Å²) in [6.45, 7) is 0.547. The van der Waals surface area contributed by atoms with E-state index in [9.17, 15) is 4.79 Å². The molecule has 2 aromatic carbocycles. The second kappa shape index (κ2) is 6.13. The molecule has 1 aromatic heterocycles. The van der Waals surface area contributed by atoms with Crippen molar-refractivity contribution in [3.8, 4) is 5.75 Å². The summed E-state index contributed by atoms with van der Waals surface area (Å²) >= 11 is 0. The van der Waals surface area contributed by atoms with Gasteiger partial charge in [0.1, 0.15) is 19.0 Å². The summed E-state index contributed by atoms with van der Waals surface area (Å²) in [5, 5.41) is 0.867. The summed E-state index contributed by atoms with van der Waals surface area (Å²) < 4.78 is 10.7. The zero-order valence-electron chi connectivity index (χ0n) is 11.4. The average Bonchev–Trinajstić information content (AvgIpc) is 2.96. The first-order valence-electron chi connectivity index (χ1n) is 6.76. The van der Waals surface area contributed by atoms with Gasteiger partial charge in [0, 0.05) is 17.1 Å². The lowest BCUT2D eigenvalue weighted by Crippen LogP contribution is -2.12. The highest BCUT2D eigenvalue weighted by molar-refractivity contribution is 6.03. The number of esters is 1. The second-order valence-electron chi connectivity index (χ2n) is 4.55. The molecule has 0 bridgehead atoms. The van der Waals surface area contributed by atoms with Crippen molar-refractivity contribution in [2.24, 2.45) is 0 Å². The SMILES string of the molecule is O=C(OCCOc1ccccc1)c1c[nH]c2ccccc12. The molecule has 0 fully saturated rings. The van der Waals surface area contributed by atoms with E-state index in [0.717, 1.165) is 16.7 Å². The summed E-state index contributed by atoms with van der Waals surface area (Å²) in [6.07, 6.45) is 1.67. The minimum Gasteiger partial charge on any atom is -0.490 e. The van der Waals surface area contributed by atoms with Gasteiger partial charge in [0.25, 0.3) is 0 Å². The van der Waals surface area contributed by atoms with Gasteiger partial charge < -0.3 is 14.5 Å². The molecule has 3 rings (SSSR count). The third-order valence-electron chi connectivity index (χ3n) is 3.14. The van der Waals surface area contributed by atoms with Crippen LogP contribution in [-0.4, -0.2) is 24.2 Å². The number of fused-ring (bicyclic) bond motifs is 1. The number of hydrogen-bond acceptors (Lipinski definition) is 3. The number of para-hydroxylation sites is 2. The van der Waals surface area contributed by atoms with Crippen LogP contribution in [0.1, 0.15) is 10.4 Å². The van der Waals surface area contributed by atoms with Gasteiger partial charge >= 0.3 is 5.97 Å². The van der Waals surface area contributed by atoms with Crippen molar-refractivity contribution >= 4 is 16.9 Å². The lowest BCUT2D eigenvalue weighted by atomic mass is 10.2. The number of rotatable bonds is 5. The Hall–Kier alpha value is -2.75. The number of nitrogens with one attached hydrogen (secondary N) is 1. The van der Waals surface area contributed by atoms with Gasteiger partial charge in [0.05, 0.1) is 5.56 Å². The highest BCUT2D eigenvalue weighted by Gasteiger charge is 2.12. The van der Waals surface area contributed by atoms with Crippen molar-refractivity contribution in [1.29, 1.82) is 0 Å². The third kappa shape index (κ3) is 3.05. The smallest absolute Gasteiger partial charge is 0.340 e. The molecule has 0 aliphatic heterocycles. The van der Waals surface area contributed by atoms with Crippen LogP contribution in [-0.2, 0) is 4.74 Å². The van der Waals surface area contributed by atoms with E-state index in [1.807, 2.05) is 54.6 Å². The molecular weight excluding hydrogens is 266 g/mol. The van der Waals surface area contributed by atoms with Crippen LogP contribution in [0.5, 0.6) is 5.75 Å². The summed E-state index contributed by atoms with van der Waals surface area (Å²) in [6, 6.07) is 17.1. The Labute approximate surface area is 122 Å². The van der Waals surface area contributed by atoms with Crippen molar-refractivity contribution in [3.63, 3.8) is 0 Å². The number of aromatic nitrogens is 1. The van der Waals surface area contributed by atoms with Crippen molar-refractivity contribution in [3.05, 3.63) is 66.4 Å². The molecule has 0 unspecified atom stereocenters. The Bertz CT molecular complexity index is 734. The van der Waals surface area contributed by atoms with Gasteiger partial charge in [-0.1, -0.05) is 36.4 Å². The number of aromatic amines is 1. The molecule has 1 heterocycles. The van der Waals surface area contributed by atoms with Crippen LogP contribution in [0.25, 0.3) is 10.9 Å². The van der Waals surface area contributed by atoms with Crippen molar-refractivity contribution < 1.29 is 14.3 Å². The van der Waals surface area contributed by atoms with E-state index in [1.54, 1.807) is 6.20 Å². The van der Waals surface area contributed by atoms with Gasteiger partial charge in [0.2, 0.25) is 0 Å². The van der Waals surface area contributed by atoms with Crippen LogP contribution in [0.4, 0.5) is 0 Å². The van der Waals surface area contributed by atoms with Crippen molar-refractivity contribution in [2.75, 3.05) is 13.2 Å². The Kier molecular flexibility index (Phi) is 3.87. The largest absolute Gasteiger partial charge is 0.490 e. The van der Waals surface area contributed by atoms with E-state index in [2.05, 4.69) is 4.98 Å². The molecule has 21 heavy (non-hydrogen) atoms. The molecule has 4 nitrogen and oxygen atoms in total. The summed E-state index contributed by atoms with van der Waals surface area (Å²) in [4.78, 5) is 15.1. The van der Waals surface area contributed by atoms with Crippen LogP contribution in [0.2, 0.25) is 0 Å². The number of carbonyl (C=O) groups excluding carboxylic acids is 1. The number of hydrogen-bond donors (Lipinski definition) is 1. The van der Waals surface area contributed by atoms with Crippen LogP contribution < -0.4 is 4.74 Å².